The van der Waals surface area contributed by atoms with Crippen LogP contribution in [0.3, 0.4) is 0 Å². The van der Waals surface area contributed by atoms with Gasteiger partial charge < -0.3 is 15.1 Å². The van der Waals surface area contributed by atoms with Gasteiger partial charge in [-0.3, -0.25) is 0 Å². The largest absolute Gasteiger partial charge is 0.504 e. The quantitative estimate of drug-likeness (QED) is 0.623. The van der Waals surface area contributed by atoms with Crippen molar-refractivity contribution < 1.29 is 10.2 Å². The highest BCUT2D eigenvalue weighted by molar-refractivity contribution is 6.28. The molecule has 1 aromatic heterocycles. The van der Waals surface area contributed by atoms with Crippen LogP contribution in [0, 0.1) is 13.8 Å². The highest BCUT2D eigenvalue weighted by Gasteiger charge is 2.28. The molecule has 0 amide bonds. The van der Waals surface area contributed by atoms with Crippen molar-refractivity contribution in [3.8, 4) is 11.5 Å². The molecule has 1 aliphatic heterocycles. The number of aromatic hydroxyl groups is 2. The van der Waals surface area contributed by atoms with Crippen LogP contribution in [-0.4, -0.2) is 26.7 Å². The zero-order chi connectivity index (χ0) is 16.0. The molecule has 0 saturated carbocycles. The number of hydrogen-bond donors (Lipinski definition) is 2. The zero-order valence-electron chi connectivity index (χ0n) is 12.8. The molecule has 0 radical (unpaired) electrons. The minimum absolute atomic E-state index is 0.0271. The van der Waals surface area contributed by atoms with E-state index in [-0.39, 0.29) is 22.8 Å². The third-order valence-electron chi connectivity index (χ3n) is 4.38. The first kappa shape index (κ1) is 14.9. The first-order chi connectivity index (χ1) is 10.4. The van der Waals surface area contributed by atoms with Crippen LogP contribution in [0.25, 0.3) is 0 Å². The van der Waals surface area contributed by atoms with Gasteiger partial charge >= 0.3 is 0 Å². The van der Waals surface area contributed by atoms with E-state index in [0.29, 0.717) is 0 Å². The summed E-state index contributed by atoms with van der Waals surface area (Å²) in [6.45, 7) is 6.72. The minimum Gasteiger partial charge on any atom is -0.504 e. The van der Waals surface area contributed by atoms with Gasteiger partial charge in [0.25, 0.3) is 0 Å². The van der Waals surface area contributed by atoms with E-state index in [1.807, 2.05) is 13.8 Å². The van der Waals surface area contributed by atoms with Gasteiger partial charge in [0.1, 0.15) is 5.82 Å². The first-order valence-electron chi connectivity index (χ1n) is 7.20. The summed E-state index contributed by atoms with van der Waals surface area (Å²) in [4.78, 5) is 10.7. The van der Waals surface area contributed by atoms with Crippen molar-refractivity contribution in [2.45, 2.75) is 33.2 Å². The molecule has 2 aromatic rings. The summed E-state index contributed by atoms with van der Waals surface area (Å²) in [7, 11) is 0. The van der Waals surface area contributed by atoms with Crippen LogP contribution in [0.1, 0.15) is 35.3 Å². The summed E-state index contributed by atoms with van der Waals surface area (Å²) in [5.74, 6) is 0.654. The maximum absolute atomic E-state index is 9.78. The topological polar surface area (TPSA) is 69.5 Å². The Hall–Kier alpha value is -2.01. The summed E-state index contributed by atoms with van der Waals surface area (Å²) in [5, 5.41) is 19.7. The smallest absolute Gasteiger partial charge is 0.224 e. The second-order valence-electron chi connectivity index (χ2n) is 5.69. The second-order valence-corrected chi connectivity index (χ2v) is 6.02. The van der Waals surface area contributed by atoms with Gasteiger partial charge in [-0.1, -0.05) is 0 Å². The fourth-order valence-electron chi connectivity index (χ4n) is 2.99. The van der Waals surface area contributed by atoms with Gasteiger partial charge in [0.2, 0.25) is 5.28 Å². The molecule has 6 heteroatoms. The zero-order valence-corrected chi connectivity index (χ0v) is 13.5. The molecule has 116 valence electrons. The molecule has 1 aromatic carbocycles. The van der Waals surface area contributed by atoms with E-state index in [2.05, 4.69) is 21.8 Å². The van der Waals surface area contributed by atoms with E-state index in [4.69, 9.17) is 11.6 Å². The van der Waals surface area contributed by atoms with E-state index in [9.17, 15) is 10.2 Å². The second kappa shape index (κ2) is 5.32. The van der Waals surface area contributed by atoms with Crippen molar-refractivity contribution in [3.05, 3.63) is 39.8 Å². The lowest BCUT2D eigenvalue weighted by Crippen LogP contribution is -2.35. The van der Waals surface area contributed by atoms with E-state index in [0.717, 1.165) is 41.2 Å². The van der Waals surface area contributed by atoms with Gasteiger partial charge in [-0.15, -0.1) is 0 Å². The highest BCUT2D eigenvalue weighted by atomic mass is 35.5. The molecule has 1 atom stereocenters. The number of aryl methyl sites for hydroxylation is 1. The Bertz CT molecular complexity index is 749. The molecule has 2 N–H and O–H groups in total. The Morgan fingerprint density at radius 2 is 1.86 bits per heavy atom. The van der Waals surface area contributed by atoms with Crippen LogP contribution in [0.2, 0.25) is 5.28 Å². The Morgan fingerprint density at radius 3 is 2.59 bits per heavy atom. The van der Waals surface area contributed by atoms with Gasteiger partial charge in [-0.2, -0.15) is 0 Å². The molecule has 0 bridgehead atoms. The van der Waals surface area contributed by atoms with E-state index in [1.54, 1.807) is 12.1 Å². The monoisotopic (exact) mass is 319 g/mol. The van der Waals surface area contributed by atoms with E-state index < -0.39 is 0 Å². The summed E-state index contributed by atoms with van der Waals surface area (Å²) < 4.78 is 0. The van der Waals surface area contributed by atoms with Gasteiger partial charge in [-0.25, -0.2) is 9.97 Å². The average molecular weight is 320 g/mol. The fraction of sp³-hybridized carbons (Fsp3) is 0.375. The normalized spacial score (nSPS) is 17.5. The number of nitrogens with zero attached hydrogens (tertiary/aromatic N) is 3. The average Bonchev–Trinajstić information content (AvgIpc) is 2.46. The van der Waals surface area contributed by atoms with Crippen LogP contribution in [0.5, 0.6) is 11.5 Å². The lowest BCUT2D eigenvalue weighted by atomic mass is 9.92. The fourth-order valence-corrected chi connectivity index (χ4v) is 3.20. The molecule has 0 spiro atoms. The predicted octanol–water partition coefficient (Wildman–Crippen LogP) is 3.28. The van der Waals surface area contributed by atoms with Gasteiger partial charge in [0.15, 0.2) is 11.5 Å². The molecule has 22 heavy (non-hydrogen) atoms. The summed E-state index contributed by atoms with van der Waals surface area (Å²) in [5.41, 5.74) is 3.91. The van der Waals surface area contributed by atoms with Gasteiger partial charge in [0.05, 0.1) is 6.04 Å². The summed E-state index contributed by atoms with van der Waals surface area (Å²) in [6.07, 6.45) is 0.771. The Morgan fingerprint density at radius 1 is 1.18 bits per heavy atom. The van der Waals surface area contributed by atoms with Crippen molar-refractivity contribution in [2.24, 2.45) is 0 Å². The number of benzene rings is 1. The molecular weight excluding hydrogens is 302 g/mol. The molecule has 5 nitrogen and oxygen atoms in total. The first-order valence-corrected chi connectivity index (χ1v) is 7.58. The van der Waals surface area contributed by atoms with Crippen molar-refractivity contribution in [3.63, 3.8) is 0 Å². The Kier molecular flexibility index (Phi) is 3.60. The Balaban J connectivity index is 2.06. The third-order valence-corrected chi connectivity index (χ3v) is 4.55. The number of phenolic OH excluding ortho intramolecular Hbond substituents is 2. The Labute approximate surface area is 134 Å². The van der Waals surface area contributed by atoms with Crippen LogP contribution in [0.4, 0.5) is 5.82 Å². The number of halogens is 1. The standard InChI is InChI=1S/C16H18ClN3O2/c1-8-9(2)18-16(17)19-15(8)20-5-4-11-6-13(21)14(22)7-12(11)10(20)3/h6-7,10,21-22H,4-5H2,1-3H3. The molecule has 2 heterocycles. The maximum atomic E-state index is 9.78. The third kappa shape index (κ3) is 2.35. The van der Waals surface area contributed by atoms with Crippen LogP contribution < -0.4 is 4.90 Å². The minimum atomic E-state index is -0.0962. The highest BCUT2D eigenvalue weighted by Crippen LogP contribution is 2.39. The maximum Gasteiger partial charge on any atom is 0.224 e. The van der Waals surface area contributed by atoms with E-state index in [1.165, 1.54) is 0 Å². The van der Waals surface area contributed by atoms with Crippen LogP contribution in [0.15, 0.2) is 12.1 Å². The number of anilines is 1. The number of rotatable bonds is 1. The lowest BCUT2D eigenvalue weighted by molar-refractivity contribution is 0.401. The summed E-state index contributed by atoms with van der Waals surface area (Å²) in [6, 6.07) is 3.30. The van der Waals surface area contributed by atoms with Crippen molar-refractivity contribution in [1.82, 2.24) is 9.97 Å². The molecule has 0 saturated heterocycles. The predicted molar refractivity (Wildman–Crippen MR) is 85.8 cm³/mol. The number of hydrogen-bond acceptors (Lipinski definition) is 5. The SMILES string of the molecule is Cc1nc(Cl)nc(N2CCc3cc(O)c(O)cc3C2C)c1C. The number of phenols is 2. The van der Waals surface area contributed by atoms with Crippen molar-refractivity contribution >= 4 is 17.4 Å². The van der Waals surface area contributed by atoms with Crippen molar-refractivity contribution in [2.75, 3.05) is 11.4 Å². The summed E-state index contributed by atoms with van der Waals surface area (Å²) >= 11 is 6.01. The number of fused-ring (bicyclic) bond motifs is 1. The van der Waals surface area contributed by atoms with E-state index >= 15 is 0 Å². The molecule has 0 fully saturated rings. The lowest BCUT2D eigenvalue weighted by Gasteiger charge is -2.37. The molecule has 1 aliphatic rings. The molecular formula is C16H18ClN3O2. The molecule has 3 rings (SSSR count). The van der Waals surface area contributed by atoms with Gasteiger partial charge in [0, 0.05) is 17.8 Å². The molecule has 0 aliphatic carbocycles. The van der Waals surface area contributed by atoms with Crippen LogP contribution in [-0.2, 0) is 6.42 Å². The number of aromatic nitrogens is 2. The van der Waals surface area contributed by atoms with Gasteiger partial charge in [-0.05, 0) is 62.1 Å². The van der Waals surface area contributed by atoms with Crippen molar-refractivity contribution in [1.29, 1.82) is 0 Å². The molecule has 1 unspecified atom stereocenters. The van der Waals surface area contributed by atoms with Crippen LogP contribution >= 0.6 is 11.6 Å².